The Kier molecular flexibility index (Phi) is 4.44. The molecule has 0 fully saturated rings. The third-order valence-corrected chi connectivity index (χ3v) is 0.648. The lowest BCUT2D eigenvalue weighted by Gasteiger charge is -2.05. The molecule has 0 saturated carbocycles. The quantitative estimate of drug-likeness (QED) is 0.365. The summed E-state index contributed by atoms with van der Waals surface area (Å²) in [6.07, 6.45) is -0.556. The Labute approximate surface area is 48.0 Å². The minimum Gasteiger partial charge on any atom is -0.392 e. The van der Waals surface area contributed by atoms with Crippen molar-refractivity contribution in [3.05, 3.63) is 0 Å². The summed E-state index contributed by atoms with van der Waals surface area (Å²) in [5, 5.41) is 8.34. The Hall–Kier alpha value is -0.450. The molecule has 4 nitrogen and oxygen atoms in total. The van der Waals surface area contributed by atoms with Gasteiger partial charge < -0.3 is 15.6 Å². The molecule has 8 heavy (non-hydrogen) atoms. The molecule has 0 spiro atoms. The minimum absolute atomic E-state index is 0.0598. The van der Waals surface area contributed by atoms with Crippen molar-refractivity contribution in [1.82, 2.24) is 0 Å². The molecule has 1 atom stereocenters. The number of aliphatic imine (C=N–C) groups is 1. The Morgan fingerprint density at radius 3 is 2.62 bits per heavy atom. The van der Waals surface area contributed by atoms with Gasteiger partial charge in [0.05, 0.1) is 13.3 Å². The van der Waals surface area contributed by atoms with Crippen molar-refractivity contribution in [3.8, 4) is 0 Å². The molecule has 0 aromatic carbocycles. The van der Waals surface area contributed by atoms with Crippen molar-refractivity contribution in [2.24, 2.45) is 10.7 Å². The van der Waals surface area contributed by atoms with Gasteiger partial charge in [0.25, 0.3) is 0 Å². The van der Waals surface area contributed by atoms with E-state index in [1.54, 1.807) is 0 Å². The van der Waals surface area contributed by atoms with Gasteiger partial charge in [-0.25, -0.2) is 0 Å². The fourth-order valence-corrected chi connectivity index (χ4v) is 0.274. The predicted octanol–water partition coefficient (Wildman–Crippen LogP) is -1.06. The van der Waals surface area contributed by atoms with Crippen LogP contribution < -0.4 is 5.73 Å². The van der Waals surface area contributed by atoms with Crippen LogP contribution in [0.5, 0.6) is 0 Å². The van der Waals surface area contributed by atoms with Crippen LogP contribution in [-0.2, 0) is 4.74 Å². The number of rotatable bonds is 4. The number of aliphatic hydroxyl groups is 1. The molecule has 0 amide bonds. The molecule has 0 aromatic rings. The molecule has 0 aliphatic heterocycles. The molecule has 3 N–H and O–H groups in total. The van der Waals surface area contributed by atoms with Gasteiger partial charge in [-0.15, -0.1) is 0 Å². The average Bonchev–Trinajstić information content (AvgIpc) is 1.83. The summed E-state index contributed by atoms with van der Waals surface area (Å²) in [6.45, 7) is 3.05. The molecule has 0 rings (SSSR count). The lowest BCUT2D eigenvalue weighted by molar-refractivity contribution is 0.0231. The molecule has 0 aromatic heterocycles. The van der Waals surface area contributed by atoms with Crippen LogP contribution in [0.15, 0.2) is 4.99 Å². The lowest BCUT2D eigenvalue weighted by Crippen LogP contribution is -2.18. The Morgan fingerprint density at radius 1 is 1.88 bits per heavy atom. The molecule has 0 aliphatic carbocycles. The van der Waals surface area contributed by atoms with Gasteiger partial charge in [0.1, 0.15) is 0 Å². The van der Waals surface area contributed by atoms with Crippen LogP contribution in [0, 0.1) is 0 Å². The Bertz CT molecular complexity index is 67.1. The molecule has 0 bridgehead atoms. The standard InChI is InChI=1S/C4H10N2O2/c1-6-4(2-7)8-3-5/h4,7H,1-3,5H2/t4-/m1/s1. The van der Waals surface area contributed by atoms with E-state index in [2.05, 4.69) is 16.4 Å². The van der Waals surface area contributed by atoms with Gasteiger partial charge in [-0.3, -0.25) is 4.99 Å². The second-order valence-corrected chi connectivity index (χ2v) is 1.15. The molecule has 0 aliphatic rings. The van der Waals surface area contributed by atoms with Gasteiger partial charge in [-0.2, -0.15) is 0 Å². The van der Waals surface area contributed by atoms with E-state index >= 15 is 0 Å². The smallest absolute Gasteiger partial charge is 0.172 e. The van der Waals surface area contributed by atoms with E-state index in [1.807, 2.05) is 0 Å². The molecule has 4 heteroatoms. The molecule has 48 valence electrons. The fourth-order valence-electron chi connectivity index (χ4n) is 0.274. The van der Waals surface area contributed by atoms with E-state index in [1.165, 1.54) is 0 Å². The summed E-state index contributed by atoms with van der Waals surface area (Å²) in [5.74, 6) is 0. The van der Waals surface area contributed by atoms with Crippen LogP contribution >= 0.6 is 0 Å². The molecular formula is C4H10N2O2. The lowest BCUT2D eigenvalue weighted by atomic mass is 10.6. The number of ether oxygens (including phenoxy) is 1. The maximum absolute atomic E-state index is 8.34. The third-order valence-electron chi connectivity index (χ3n) is 0.648. The summed E-state index contributed by atoms with van der Waals surface area (Å²) >= 11 is 0. The SMILES string of the molecule is C=N[C@@H](CO)OCN. The van der Waals surface area contributed by atoms with Crippen molar-refractivity contribution in [3.63, 3.8) is 0 Å². The second-order valence-electron chi connectivity index (χ2n) is 1.15. The van der Waals surface area contributed by atoms with Crippen molar-refractivity contribution in [1.29, 1.82) is 0 Å². The van der Waals surface area contributed by atoms with Crippen molar-refractivity contribution < 1.29 is 9.84 Å². The number of nitrogens with two attached hydrogens (primary N) is 1. The van der Waals surface area contributed by atoms with Gasteiger partial charge in [0.15, 0.2) is 6.23 Å². The average molecular weight is 118 g/mol. The van der Waals surface area contributed by atoms with Gasteiger partial charge >= 0.3 is 0 Å². The van der Waals surface area contributed by atoms with Crippen LogP contribution in [-0.4, -0.2) is 31.4 Å². The van der Waals surface area contributed by atoms with E-state index in [-0.39, 0.29) is 13.3 Å². The first-order valence-corrected chi connectivity index (χ1v) is 2.23. The van der Waals surface area contributed by atoms with Crippen LogP contribution in [0.4, 0.5) is 0 Å². The Morgan fingerprint density at radius 2 is 2.50 bits per heavy atom. The minimum atomic E-state index is -0.556. The highest BCUT2D eigenvalue weighted by atomic mass is 16.5. The number of hydrogen-bond donors (Lipinski definition) is 2. The van der Waals surface area contributed by atoms with Crippen molar-refractivity contribution in [2.45, 2.75) is 6.23 Å². The Balaban J connectivity index is 3.21. The molecular weight excluding hydrogens is 108 g/mol. The van der Waals surface area contributed by atoms with Crippen molar-refractivity contribution >= 4 is 6.72 Å². The van der Waals surface area contributed by atoms with Crippen LogP contribution in [0.2, 0.25) is 0 Å². The van der Waals surface area contributed by atoms with E-state index in [4.69, 9.17) is 10.8 Å². The second kappa shape index (κ2) is 4.70. The summed E-state index contributed by atoms with van der Waals surface area (Å²) in [4.78, 5) is 3.39. The predicted molar refractivity (Wildman–Crippen MR) is 30.6 cm³/mol. The maximum atomic E-state index is 8.34. The monoisotopic (exact) mass is 118 g/mol. The van der Waals surface area contributed by atoms with E-state index in [0.29, 0.717) is 0 Å². The van der Waals surface area contributed by atoms with E-state index in [9.17, 15) is 0 Å². The topological polar surface area (TPSA) is 67.8 Å². The van der Waals surface area contributed by atoms with Gasteiger partial charge in [-0.05, 0) is 6.72 Å². The first kappa shape index (κ1) is 7.55. The maximum Gasteiger partial charge on any atom is 0.172 e. The largest absolute Gasteiger partial charge is 0.392 e. The highest BCUT2D eigenvalue weighted by Crippen LogP contribution is 1.86. The number of nitrogens with zero attached hydrogens (tertiary/aromatic N) is 1. The number of hydrogen-bond acceptors (Lipinski definition) is 4. The van der Waals surface area contributed by atoms with E-state index < -0.39 is 6.23 Å². The molecule has 0 unspecified atom stereocenters. The summed E-state index contributed by atoms with van der Waals surface area (Å²) in [7, 11) is 0. The third kappa shape index (κ3) is 2.68. The van der Waals surface area contributed by atoms with Crippen LogP contribution in [0.25, 0.3) is 0 Å². The summed E-state index contributed by atoms with van der Waals surface area (Å²) < 4.78 is 4.64. The number of aliphatic hydroxyl groups excluding tert-OH is 1. The van der Waals surface area contributed by atoms with E-state index in [0.717, 1.165) is 0 Å². The first-order valence-electron chi connectivity index (χ1n) is 2.23. The molecule has 0 heterocycles. The fraction of sp³-hybridized carbons (Fsp3) is 0.750. The zero-order chi connectivity index (χ0) is 6.41. The highest BCUT2D eigenvalue weighted by molar-refractivity contribution is 5.23. The highest BCUT2D eigenvalue weighted by Gasteiger charge is 1.98. The van der Waals surface area contributed by atoms with Gasteiger partial charge in [-0.1, -0.05) is 0 Å². The van der Waals surface area contributed by atoms with Crippen LogP contribution in [0.1, 0.15) is 0 Å². The van der Waals surface area contributed by atoms with Crippen LogP contribution in [0.3, 0.4) is 0 Å². The van der Waals surface area contributed by atoms with Crippen molar-refractivity contribution in [2.75, 3.05) is 13.3 Å². The summed E-state index contributed by atoms with van der Waals surface area (Å²) in [6, 6.07) is 0. The first-order chi connectivity index (χ1) is 3.85. The zero-order valence-electron chi connectivity index (χ0n) is 4.58. The zero-order valence-corrected chi connectivity index (χ0v) is 4.58. The van der Waals surface area contributed by atoms with Gasteiger partial charge in [0.2, 0.25) is 0 Å². The molecule has 0 radical (unpaired) electrons. The normalized spacial score (nSPS) is 13.2. The van der Waals surface area contributed by atoms with Gasteiger partial charge in [0, 0.05) is 0 Å². The summed E-state index contributed by atoms with van der Waals surface area (Å²) in [5.41, 5.74) is 4.96. The molecule has 0 saturated heterocycles.